The summed E-state index contributed by atoms with van der Waals surface area (Å²) < 4.78 is 10.9. The summed E-state index contributed by atoms with van der Waals surface area (Å²) in [7, 11) is 0. The summed E-state index contributed by atoms with van der Waals surface area (Å²) in [6, 6.07) is 19.1. The number of rotatable bonds is 10. The minimum atomic E-state index is -0.655. The second-order valence-corrected chi connectivity index (χ2v) is 8.11. The molecule has 3 rings (SSSR count). The molecule has 3 atom stereocenters. The summed E-state index contributed by atoms with van der Waals surface area (Å²) in [6.07, 6.45) is 0.270. The summed E-state index contributed by atoms with van der Waals surface area (Å²) in [4.78, 5) is 14.8. The molecule has 1 aliphatic heterocycles. The molecule has 1 unspecified atom stereocenters. The van der Waals surface area contributed by atoms with Gasteiger partial charge in [-0.05, 0) is 23.5 Å². The maximum absolute atomic E-state index is 13.1. The zero-order chi connectivity index (χ0) is 20.6. The lowest BCUT2D eigenvalue weighted by molar-refractivity contribution is 0.0130. The first-order valence-electron chi connectivity index (χ1n) is 10.3. The van der Waals surface area contributed by atoms with Gasteiger partial charge in [-0.15, -0.1) is 0 Å². The van der Waals surface area contributed by atoms with Gasteiger partial charge in [0.2, 0.25) is 0 Å². The third-order valence-corrected chi connectivity index (χ3v) is 5.10. The van der Waals surface area contributed by atoms with Crippen LogP contribution in [0.4, 0.5) is 4.79 Å². The van der Waals surface area contributed by atoms with Crippen molar-refractivity contribution in [3.05, 3.63) is 71.8 Å². The fraction of sp³-hybridized carbons (Fsp3) is 0.458. The lowest BCUT2D eigenvalue weighted by Crippen LogP contribution is -2.48. The van der Waals surface area contributed by atoms with Crippen LogP contribution in [0.25, 0.3) is 0 Å². The Bertz CT molecular complexity index is 746. The van der Waals surface area contributed by atoms with Crippen LogP contribution in [0.1, 0.15) is 37.8 Å². The first-order chi connectivity index (χ1) is 14.0. The van der Waals surface area contributed by atoms with Crippen molar-refractivity contribution >= 4 is 6.09 Å². The lowest BCUT2D eigenvalue weighted by atomic mass is 9.94. The van der Waals surface area contributed by atoms with Crippen LogP contribution >= 0.6 is 0 Å². The Balaban J connectivity index is 1.77. The van der Waals surface area contributed by atoms with E-state index in [0.717, 1.165) is 11.1 Å². The van der Waals surface area contributed by atoms with E-state index in [1.54, 1.807) is 4.90 Å². The van der Waals surface area contributed by atoms with Crippen LogP contribution in [0.5, 0.6) is 0 Å². The second-order valence-electron chi connectivity index (χ2n) is 8.11. The predicted molar refractivity (Wildman–Crippen MR) is 112 cm³/mol. The van der Waals surface area contributed by atoms with E-state index >= 15 is 0 Å². The Labute approximate surface area is 173 Å². The first kappa shape index (κ1) is 21.3. The molecule has 1 amide bonds. The van der Waals surface area contributed by atoms with Crippen molar-refractivity contribution in [2.45, 2.75) is 58.1 Å². The number of carbonyl (C=O) groups is 1. The van der Waals surface area contributed by atoms with Gasteiger partial charge in [0, 0.05) is 13.0 Å². The van der Waals surface area contributed by atoms with Crippen molar-refractivity contribution in [2.24, 2.45) is 5.92 Å². The summed E-state index contributed by atoms with van der Waals surface area (Å²) in [5, 5.41) is 10.9. The smallest absolute Gasteiger partial charge is 0.410 e. The molecule has 0 bridgehead atoms. The summed E-state index contributed by atoms with van der Waals surface area (Å²) >= 11 is 0. The normalized spacial score (nSPS) is 17.6. The third kappa shape index (κ3) is 6.87. The molecule has 0 saturated carbocycles. The van der Waals surface area contributed by atoms with Crippen molar-refractivity contribution in [1.29, 1.82) is 0 Å². The van der Waals surface area contributed by atoms with Crippen LogP contribution in [0.15, 0.2) is 60.7 Å². The Hall–Kier alpha value is -2.37. The Kier molecular flexibility index (Phi) is 7.67. The van der Waals surface area contributed by atoms with E-state index in [-0.39, 0.29) is 18.8 Å². The molecule has 2 aromatic carbocycles. The fourth-order valence-electron chi connectivity index (χ4n) is 3.51. The Morgan fingerprint density at radius 2 is 1.69 bits per heavy atom. The van der Waals surface area contributed by atoms with Crippen molar-refractivity contribution in [2.75, 3.05) is 6.61 Å². The number of amides is 1. The van der Waals surface area contributed by atoms with E-state index < -0.39 is 12.2 Å². The van der Waals surface area contributed by atoms with Gasteiger partial charge in [-0.1, -0.05) is 74.5 Å². The van der Waals surface area contributed by atoms with E-state index in [2.05, 4.69) is 13.8 Å². The number of ether oxygens (including phenoxy) is 2. The lowest BCUT2D eigenvalue weighted by Gasteiger charge is -2.35. The number of nitrogens with zero attached hydrogens (tertiary/aromatic N) is 1. The Morgan fingerprint density at radius 3 is 2.24 bits per heavy atom. The number of aliphatic hydroxyl groups is 1. The van der Waals surface area contributed by atoms with Crippen LogP contribution < -0.4 is 0 Å². The van der Waals surface area contributed by atoms with Gasteiger partial charge in [0.15, 0.2) is 0 Å². The van der Waals surface area contributed by atoms with Gasteiger partial charge in [0.1, 0.15) is 6.61 Å². The molecule has 1 heterocycles. The molecule has 1 aliphatic rings. The quantitative estimate of drug-likeness (QED) is 0.604. The van der Waals surface area contributed by atoms with Crippen molar-refractivity contribution < 1.29 is 19.4 Å². The highest BCUT2D eigenvalue weighted by Gasteiger charge is 2.36. The van der Waals surface area contributed by atoms with E-state index in [0.29, 0.717) is 31.9 Å². The highest BCUT2D eigenvalue weighted by Crippen LogP contribution is 2.25. The predicted octanol–water partition coefficient (Wildman–Crippen LogP) is 4.39. The highest BCUT2D eigenvalue weighted by molar-refractivity contribution is 5.68. The molecule has 0 aliphatic carbocycles. The molecule has 0 spiro atoms. The van der Waals surface area contributed by atoms with E-state index in [9.17, 15) is 9.90 Å². The molecule has 1 N–H and O–H groups in total. The van der Waals surface area contributed by atoms with Gasteiger partial charge in [0.05, 0.1) is 24.9 Å². The highest BCUT2D eigenvalue weighted by atomic mass is 16.6. The molecule has 0 aromatic heterocycles. The minimum Gasteiger partial charge on any atom is -0.445 e. The van der Waals surface area contributed by atoms with Crippen molar-refractivity contribution in [1.82, 2.24) is 4.90 Å². The summed E-state index contributed by atoms with van der Waals surface area (Å²) in [5.74, 6) is 0.329. The molecule has 29 heavy (non-hydrogen) atoms. The minimum absolute atomic E-state index is 0.0959. The number of carbonyl (C=O) groups excluding carboxylic acids is 1. The molecule has 5 heteroatoms. The summed E-state index contributed by atoms with van der Waals surface area (Å²) in [6.45, 7) is 5.49. The van der Waals surface area contributed by atoms with Crippen molar-refractivity contribution in [3.8, 4) is 0 Å². The number of epoxide rings is 1. The van der Waals surface area contributed by atoms with Gasteiger partial charge in [-0.2, -0.15) is 0 Å². The molecular weight excluding hydrogens is 366 g/mol. The molecule has 1 saturated heterocycles. The maximum Gasteiger partial charge on any atom is 0.410 e. The van der Waals surface area contributed by atoms with Crippen LogP contribution in [-0.2, 0) is 22.6 Å². The number of aliphatic hydroxyl groups excluding tert-OH is 1. The number of hydrogen-bond acceptors (Lipinski definition) is 4. The fourth-order valence-corrected chi connectivity index (χ4v) is 3.51. The SMILES string of the molecule is CC(C)C[C@@H]([C@@H](O)CC1CO1)N(Cc1ccccc1)C(=O)OCc1ccccc1. The molecule has 156 valence electrons. The van der Waals surface area contributed by atoms with Gasteiger partial charge in [-0.25, -0.2) is 4.79 Å². The van der Waals surface area contributed by atoms with E-state index in [4.69, 9.17) is 9.47 Å². The third-order valence-electron chi connectivity index (χ3n) is 5.10. The zero-order valence-electron chi connectivity index (χ0n) is 17.2. The topological polar surface area (TPSA) is 62.3 Å². The summed E-state index contributed by atoms with van der Waals surface area (Å²) in [5.41, 5.74) is 1.95. The Morgan fingerprint density at radius 1 is 1.10 bits per heavy atom. The first-order valence-corrected chi connectivity index (χ1v) is 10.3. The van der Waals surface area contributed by atoms with Crippen LogP contribution in [-0.4, -0.2) is 41.0 Å². The van der Waals surface area contributed by atoms with Gasteiger partial charge >= 0.3 is 6.09 Å². The molecule has 5 nitrogen and oxygen atoms in total. The van der Waals surface area contributed by atoms with E-state index in [1.807, 2.05) is 60.7 Å². The number of benzene rings is 2. The van der Waals surface area contributed by atoms with Crippen molar-refractivity contribution in [3.63, 3.8) is 0 Å². The average Bonchev–Trinajstić information content (AvgIpc) is 3.54. The van der Waals surface area contributed by atoms with Gasteiger partial charge in [0.25, 0.3) is 0 Å². The average molecular weight is 398 g/mol. The monoisotopic (exact) mass is 397 g/mol. The van der Waals surface area contributed by atoms with Gasteiger partial charge < -0.3 is 14.6 Å². The van der Waals surface area contributed by atoms with Crippen LogP contribution in [0.3, 0.4) is 0 Å². The molecule has 0 radical (unpaired) electrons. The van der Waals surface area contributed by atoms with E-state index in [1.165, 1.54) is 0 Å². The molecular formula is C24H31NO4. The molecule has 2 aromatic rings. The van der Waals surface area contributed by atoms with Crippen LogP contribution in [0.2, 0.25) is 0 Å². The largest absolute Gasteiger partial charge is 0.445 e. The van der Waals surface area contributed by atoms with Crippen LogP contribution in [0, 0.1) is 5.92 Å². The maximum atomic E-state index is 13.1. The van der Waals surface area contributed by atoms with Gasteiger partial charge in [-0.3, -0.25) is 4.90 Å². The second kappa shape index (κ2) is 10.4. The molecule has 1 fully saturated rings. The standard InChI is InChI=1S/C24H31NO4/c1-18(2)13-22(23(26)14-21-17-28-21)25(15-19-9-5-3-6-10-19)24(27)29-16-20-11-7-4-8-12-20/h3-12,18,21-23,26H,13-17H2,1-2H3/t21?,22-,23-/m0/s1. The number of hydrogen-bond donors (Lipinski definition) is 1. The zero-order valence-corrected chi connectivity index (χ0v) is 17.2.